The predicted molar refractivity (Wildman–Crippen MR) is 76.6 cm³/mol. The molecule has 2 N–H and O–H groups in total. The van der Waals surface area contributed by atoms with Crippen LogP contribution >= 0.6 is 0 Å². The Labute approximate surface area is 115 Å². The van der Waals surface area contributed by atoms with Crippen molar-refractivity contribution in [2.45, 2.75) is 26.3 Å². The Bertz CT molecular complexity index is 366. The van der Waals surface area contributed by atoms with Crippen LogP contribution in [-0.4, -0.2) is 33.5 Å². The summed E-state index contributed by atoms with van der Waals surface area (Å²) in [6.07, 6.45) is 0.909. The minimum Gasteiger partial charge on any atom is -0.491 e. The van der Waals surface area contributed by atoms with Gasteiger partial charge in [0.15, 0.2) is 0 Å². The van der Waals surface area contributed by atoms with Crippen LogP contribution in [0.3, 0.4) is 0 Å². The number of methoxy groups -OCH3 is 1. The summed E-state index contributed by atoms with van der Waals surface area (Å²) in [6.45, 7) is 6.56. The van der Waals surface area contributed by atoms with E-state index in [1.807, 2.05) is 19.1 Å². The molecule has 0 spiro atoms. The number of benzene rings is 1. The van der Waals surface area contributed by atoms with Gasteiger partial charge in [0.05, 0.1) is 6.61 Å². The molecule has 0 saturated heterocycles. The smallest absolute Gasteiger partial charge is 0.124 e. The summed E-state index contributed by atoms with van der Waals surface area (Å²) < 4.78 is 16.1. The lowest BCUT2D eigenvalue weighted by Gasteiger charge is -2.15. The summed E-state index contributed by atoms with van der Waals surface area (Å²) in [5, 5.41) is 0. The molecule has 1 aromatic rings. The van der Waals surface area contributed by atoms with Crippen LogP contribution in [0.15, 0.2) is 18.2 Å². The van der Waals surface area contributed by atoms with Crippen LogP contribution in [0.1, 0.15) is 30.5 Å². The molecule has 0 radical (unpaired) electrons. The largest absolute Gasteiger partial charge is 0.491 e. The maximum Gasteiger partial charge on any atom is 0.124 e. The van der Waals surface area contributed by atoms with Crippen LogP contribution in [0.5, 0.6) is 5.75 Å². The van der Waals surface area contributed by atoms with Crippen molar-refractivity contribution >= 4 is 0 Å². The first-order chi connectivity index (χ1) is 9.15. The van der Waals surface area contributed by atoms with E-state index in [4.69, 9.17) is 19.9 Å². The van der Waals surface area contributed by atoms with Crippen LogP contribution in [-0.2, 0) is 9.47 Å². The van der Waals surface area contributed by atoms with Gasteiger partial charge >= 0.3 is 0 Å². The average molecular weight is 267 g/mol. The SMILES string of the molecule is COCCCOCCOc1ccc(C)cc1[C@@H](C)N. The van der Waals surface area contributed by atoms with Gasteiger partial charge in [-0.2, -0.15) is 0 Å². The number of ether oxygens (including phenoxy) is 3. The molecule has 0 heterocycles. The highest BCUT2D eigenvalue weighted by Gasteiger charge is 2.08. The molecule has 0 aliphatic carbocycles. The van der Waals surface area contributed by atoms with E-state index < -0.39 is 0 Å². The van der Waals surface area contributed by atoms with Gasteiger partial charge in [-0.3, -0.25) is 0 Å². The lowest BCUT2D eigenvalue weighted by Crippen LogP contribution is -2.12. The fraction of sp³-hybridized carbons (Fsp3) is 0.600. The van der Waals surface area contributed by atoms with E-state index in [1.165, 1.54) is 5.56 Å². The van der Waals surface area contributed by atoms with E-state index in [2.05, 4.69) is 13.0 Å². The van der Waals surface area contributed by atoms with Crippen molar-refractivity contribution in [2.24, 2.45) is 5.73 Å². The van der Waals surface area contributed by atoms with Gasteiger partial charge in [0.25, 0.3) is 0 Å². The molecule has 0 fully saturated rings. The number of aryl methyl sites for hydroxylation is 1. The second-order valence-corrected chi connectivity index (χ2v) is 4.64. The molecule has 4 heteroatoms. The van der Waals surface area contributed by atoms with Crippen molar-refractivity contribution in [1.29, 1.82) is 0 Å². The summed E-state index contributed by atoms with van der Waals surface area (Å²) in [7, 11) is 1.69. The summed E-state index contributed by atoms with van der Waals surface area (Å²) >= 11 is 0. The van der Waals surface area contributed by atoms with Gasteiger partial charge in [-0.15, -0.1) is 0 Å². The maximum absolute atomic E-state index is 5.94. The van der Waals surface area contributed by atoms with E-state index in [0.29, 0.717) is 19.8 Å². The van der Waals surface area contributed by atoms with Gasteiger partial charge in [0.2, 0.25) is 0 Å². The van der Waals surface area contributed by atoms with Gasteiger partial charge in [0.1, 0.15) is 12.4 Å². The lowest BCUT2D eigenvalue weighted by molar-refractivity contribution is 0.0803. The Kier molecular flexibility index (Phi) is 7.48. The standard InChI is InChI=1S/C15H25NO3/c1-12-5-6-15(14(11-12)13(2)16)19-10-9-18-8-4-7-17-3/h5-6,11,13H,4,7-10,16H2,1-3H3/t13-/m1/s1. The second kappa shape index (κ2) is 8.91. The normalized spacial score (nSPS) is 12.4. The Hall–Kier alpha value is -1.10. The molecular weight excluding hydrogens is 242 g/mol. The van der Waals surface area contributed by atoms with Crippen molar-refractivity contribution in [3.8, 4) is 5.75 Å². The van der Waals surface area contributed by atoms with Crippen LogP contribution in [0, 0.1) is 6.92 Å². The number of rotatable bonds is 9. The van der Waals surface area contributed by atoms with Crippen molar-refractivity contribution in [2.75, 3.05) is 33.5 Å². The van der Waals surface area contributed by atoms with Gasteiger partial charge in [0, 0.05) is 31.9 Å². The van der Waals surface area contributed by atoms with E-state index in [-0.39, 0.29) is 6.04 Å². The van der Waals surface area contributed by atoms with E-state index in [1.54, 1.807) is 7.11 Å². The molecule has 1 rings (SSSR count). The molecule has 0 amide bonds. The molecule has 0 aromatic heterocycles. The molecule has 19 heavy (non-hydrogen) atoms. The quantitative estimate of drug-likeness (QED) is 0.698. The van der Waals surface area contributed by atoms with Gasteiger partial charge < -0.3 is 19.9 Å². The Morgan fingerprint density at radius 2 is 1.95 bits per heavy atom. The topological polar surface area (TPSA) is 53.7 Å². The zero-order valence-electron chi connectivity index (χ0n) is 12.1. The van der Waals surface area contributed by atoms with Crippen LogP contribution in [0.4, 0.5) is 0 Å². The van der Waals surface area contributed by atoms with E-state index in [9.17, 15) is 0 Å². The molecule has 0 unspecified atom stereocenters. The highest BCUT2D eigenvalue weighted by Crippen LogP contribution is 2.24. The highest BCUT2D eigenvalue weighted by molar-refractivity contribution is 5.38. The molecule has 0 saturated carbocycles. The predicted octanol–water partition coefficient (Wildman–Crippen LogP) is 2.45. The summed E-state index contributed by atoms with van der Waals surface area (Å²) in [4.78, 5) is 0. The van der Waals surface area contributed by atoms with Crippen molar-refractivity contribution in [3.63, 3.8) is 0 Å². The summed E-state index contributed by atoms with van der Waals surface area (Å²) in [6, 6.07) is 6.04. The molecular formula is C15H25NO3. The maximum atomic E-state index is 5.94. The Morgan fingerprint density at radius 1 is 1.16 bits per heavy atom. The fourth-order valence-electron chi connectivity index (χ4n) is 1.77. The highest BCUT2D eigenvalue weighted by atomic mass is 16.5. The van der Waals surface area contributed by atoms with Gasteiger partial charge in [-0.25, -0.2) is 0 Å². The number of hydrogen-bond acceptors (Lipinski definition) is 4. The van der Waals surface area contributed by atoms with Crippen molar-refractivity contribution in [1.82, 2.24) is 0 Å². The molecule has 0 bridgehead atoms. The second-order valence-electron chi connectivity index (χ2n) is 4.64. The third kappa shape index (κ3) is 6.05. The van der Waals surface area contributed by atoms with E-state index >= 15 is 0 Å². The molecule has 108 valence electrons. The van der Waals surface area contributed by atoms with Crippen LogP contribution < -0.4 is 10.5 Å². The molecule has 4 nitrogen and oxygen atoms in total. The molecule has 1 aromatic carbocycles. The first-order valence-corrected chi connectivity index (χ1v) is 6.70. The van der Waals surface area contributed by atoms with Crippen LogP contribution in [0.2, 0.25) is 0 Å². The Morgan fingerprint density at radius 3 is 2.63 bits per heavy atom. The van der Waals surface area contributed by atoms with Crippen LogP contribution in [0.25, 0.3) is 0 Å². The van der Waals surface area contributed by atoms with Crippen molar-refractivity contribution in [3.05, 3.63) is 29.3 Å². The Balaban J connectivity index is 2.33. The molecule has 1 atom stereocenters. The first-order valence-electron chi connectivity index (χ1n) is 6.70. The third-order valence-corrected chi connectivity index (χ3v) is 2.78. The third-order valence-electron chi connectivity index (χ3n) is 2.78. The molecule has 0 aliphatic heterocycles. The summed E-state index contributed by atoms with van der Waals surface area (Å²) in [5.41, 5.74) is 8.17. The van der Waals surface area contributed by atoms with E-state index in [0.717, 1.165) is 24.3 Å². The average Bonchev–Trinajstić information content (AvgIpc) is 2.39. The summed E-state index contributed by atoms with van der Waals surface area (Å²) in [5.74, 6) is 0.848. The monoisotopic (exact) mass is 267 g/mol. The van der Waals surface area contributed by atoms with Gasteiger partial charge in [-0.1, -0.05) is 17.7 Å². The minimum absolute atomic E-state index is 0.0301. The zero-order chi connectivity index (χ0) is 14.1. The fourth-order valence-corrected chi connectivity index (χ4v) is 1.77. The number of nitrogens with two attached hydrogens (primary N) is 1. The van der Waals surface area contributed by atoms with Crippen molar-refractivity contribution < 1.29 is 14.2 Å². The number of hydrogen-bond donors (Lipinski definition) is 1. The lowest BCUT2D eigenvalue weighted by atomic mass is 10.1. The van der Waals surface area contributed by atoms with Gasteiger partial charge in [-0.05, 0) is 26.3 Å². The molecule has 0 aliphatic rings. The zero-order valence-corrected chi connectivity index (χ0v) is 12.1. The first kappa shape index (κ1) is 16.0. The minimum atomic E-state index is -0.0301.